The van der Waals surface area contributed by atoms with Crippen molar-refractivity contribution in [1.82, 2.24) is 9.80 Å². The molecule has 2 saturated heterocycles. The number of halogens is 6. The molecule has 158 valence electrons. The van der Waals surface area contributed by atoms with Crippen LogP contribution in [-0.2, 0) is 13.1 Å². The quantitative estimate of drug-likeness (QED) is 0.629. The lowest BCUT2D eigenvalue weighted by Crippen LogP contribution is -2.41. The third kappa shape index (κ3) is 5.86. The van der Waals surface area contributed by atoms with E-state index in [0.717, 1.165) is 11.1 Å². The fraction of sp³-hybridized carbons (Fsp3) is 0.700. The molecule has 0 spiro atoms. The molecule has 1 aromatic rings. The Morgan fingerprint density at radius 1 is 0.750 bits per heavy atom. The molecule has 0 N–H and O–H groups in total. The molecule has 8 heteroatoms. The van der Waals surface area contributed by atoms with Gasteiger partial charge in [0.15, 0.2) is 0 Å². The second kappa shape index (κ2) is 8.61. The molecule has 0 aliphatic carbocycles. The molecule has 2 fully saturated rings. The van der Waals surface area contributed by atoms with Gasteiger partial charge in [0.2, 0.25) is 0 Å². The second-order valence-corrected chi connectivity index (χ2v) is 8.05. The minimum atomic E-state index is -4.16. The van der Waals surface area contributed by atoms with Crippen molar-refractivity contribution in [1.29, 1.82) is 0 Å². The molecule has 0 radical (unpaired) electrons. The second-order valence-electron chi connectivity index (χ2n) is 8.05. The van der Waals surface area contributed by atoms with E-state index in [9.17, 15) is 26.3 Å². The topological polar surface area (TPSA) is 6.48 Å². The van der Waals surface area contributed by atoms with Crippen LogP contribution in [0, 0.1) is 11.8 Å². The number of hydrogen-bond donors (Lipinski definition) is 0. The first-order valence-electron chi connectivity index (χ1n) is 9.77. The van der Waals surface area contributed by atoms with Crippen molar-refractivity contribution in [2.24, 2.45) is 11.8 Å². The van der Waals surface area contributed by atoms with Gasteiger partial charge in [-0.2, -0.15) is 26.3 Å². The molecule has 2 atom stereocenters. The Kier molecular flexibility index (Phi) is 6.59. The summed E-state index contributed by atoms with van der Waals surface area (Å²) in [5.41, 5.74) is 1.81. The summed E-state index contributed by atoms with van der Waals surface area (Å²) in [5.74, 6) is -2.56. The Morgan fingerprint density at radius 3 is 1.57 bits per heavy atom. The maximum atomic E-state index is 13.0. The zero-order chi connectivity index (χ0) is 20.4. The van der Waals surface area contributed by atoms with Crippen LogP contribution in [0.5, 0.6) is 0 Å². The van der Waals surface area contributed by atoms with Crippen molar-refractivity contribution in [2.75, 3.05) is 26.2 Å². The van der Waals surface area contributed by atoms with E-state index in [1.54, 1.807) is 0 Å². The van der Waals surface area contributed by atoms with Crippen LogP contribution >= 0.6 is 0 Å². The van der Waals surface area contributed by atoms with Crippen molar-refractivity contribution >= 4 is 0 Å². The zero-order valence-corrected chi connectivity index (χ0v) is 15.7. The fourth-order valence-electron chi connectivity index (χ4n) is 4.28. The van der Waals surface area contributed by atoms with Crippen molar-refractivity contribution < 1.29 is 26.3 Å². The molecule has 28 heavy (non-hydrogen) atoms. The summed E-state index contributed by atoms with van der Waals surface area (Å²) < 4.78 is 77.9. The third-order valence-corrected chi connectivity index (χ3v) is 5.74. The highest BCUT2D eigenvalue weighted by atomic mass is 19.4. The lowest BCUT2D eigenvalue weighted by molar-refractivity contribution is -0.187. The van der Waals surface area contributed by atoms with E-state index < -0.39 is 24.2 Å². The number of alkyl halides is 6. The minimum Gasteiger partial charge on any atom is -0.298 e. The normalized spacial score (nSPS) is 25.8. The summed E-state index contributed by atoms with van der Waals surface area (Å²) in [6.07, 6.45) is -6.93. The van der Waals surface area contributed by atoms with Crippen LogP contribution in [0.25, 0.3) is 0 Å². The first-order valence-corrected chi connectivity index (χ1v) is 9.77. The number of rotatable bonds is 4. The summed E-state index contributed by atoms with van der Waals surface area (Å²) in [7, 11) is 0. The maximum absolute atomic E-state index is 13.0. The van der Waals surface area contributed by atoms with Gasteiger partial charge in [-0.25, -0.2) is 0 Å². The first kappa shape index (κ1) is 21.4. The summed E-state index contributed by atoms with van der Waals surface area (Å²) >= 11 is 0. The third-order valence-electron chi connectivity index (χ3n) is 5.74. The van der Waals surface area contributed by atoms with E-state index in [4.69, 9.17) is 0 Å². The fourth-order valence-corrected chi connectivity index (χ4v) is 4.28. The average Bonchev–Trinajstić information content (AvgIpc) is 2.61. The summed E-state index contributed by atoms with van der Waals surface area (Å²) in [5, 5.41) is 0. The lowest BCUT2D eigenvalue weighted by atomic mass is 9.96. The van der Waals surface area contributed by atoms with Crippen LogP contribution in [0.4, 0.5) is 26.3 Å². The van der Waals surface area contributed by atoms with Gasteiger partial charge in [-0.15, -0.1) is 0 Å². The number of benzene rings is 1. The number of hydrogen-bond acceptors (Lipinski definition) is 2. The van der Waals surface area contributed by atoms with Crippen LogP contribution in [0.1, 0.15) is 36.8 Å². The molecule has 1 aromatic carbocycles. The van der Waals surface area contributed by atoms with Gasteiger partial charge in [-0.1, -0.05) is 24.3 Å². The molecule has 2 aliphatic rings. The Bertz CT molecular complexity index is 591. The van der Waals surface area contributed by atoms with E-state index in [2.05, 4.69) is 0 Å². The average molecular weight is 408 g/mol. The summed E-state index contributed by atoms with van der Waals surface area (Å²) in [6, 6.07) is 7.49. The van der Waals surface area contributed by atoms with Crippen LogP contribution in [0.2, 0.25) is 0 Å². The van der Waals surface area contributed by atoms with E-state index in [1.165, 1.54) is 0 Å². The van der Waals surface area contributed by atoms with E-state index in [1.807, 2.05) is 34.1 Å². The highest BCUT2D eigenvalue weighted by Gasteiger charge is 2.42. The van der Waals surface area contributed by atoms with Crippen LogP contribution in [0.15, 0.2) is 24.3 Å². The molecule has 2 nitrogen and oxygen atoms in total. The van der Waals surface area contributed by atoms with Gasteiger partial charge in [0.1, 0.15) is 0 Å². The summed E-state index contributed by atoms with van der Waals surface area (Å²) in [4.78, 5) is 3.64. The molecule has 3 rings (SSSR count). The molecular formula is C20H26F6N2. The van der Waals surface area contributed by atoms with Gasteiger partial charge in [-0.05, 0) is 49.9 Å². The van der Waals surface area contributed by atoms with Gasteiger partial charge >= 0.3 is 12.4 Å². The molecule has 2 heterocycles. The molecule has 0 aromatic heterocycles. The van der Waals surface area contributed by atoms with Crippen molar-refractivity contribution in [3.63, 3.8) is 0 Å². The maximum Gasteiger partial charge on any atom is 0.393 e. The molecule has 0 bridgehead atoms. The highest BCUT2D eigenvalue weighted by Crippen LogP contribution is 2.34. The van der Waals surface area contributed by atoms with Gasteiger partial charge < -0.3 is 0 Å². The zero-order valence-electron chi connectivity index (χ0n) is 15.7. The Labute approximate surface area is 161 Å². The molecule has 0 amide bonds. The SMILES string of the molecule is FC(F)(F)[C@@H]1CCCN(Cc2cccc(CN3CCC[C@H](C(F)(F)F)C3)c2)C1. The number of likely N-dealkylation sites (tertiary alicyclic amines) is 2. The van der Waals surface area contributed by atoms with Crippen LogP contribution in [0.3, 0.4) is 0 Å². The van der Waals surface area contributed by atoms with Crippen molar-refractivity contribution in [3.05, 3.63) is 35.4 Å². The van der Waals surface area contributed by atoms with Gasteiger partial charge in [0, 0.05) is 26.2 Å². The molecule has 0 unspecified atom stereocenters. The number of nitrogens with zero attached hydrogens (tertiary/aromatic N) is 2. The van der Waals surface area contributed by atoms with E-state index >= 15 is 0 Å². The predicted octanol–water partition coefficient (Wildman–Crippen LogP) is 5.24. The first-order chi connectivity index (χ1) is 13.1. The van der Waals surface area contributed by atoms with Crippen LogP contribution < -0.4 is 0 Å². The minimum absolute atomic E-state index is 0.00706. The number of piperidine rings is 2. The predicted molar refractivity (Wildman–Crippen MR) is 94.6 cm³/mol. The van der Waals surface area contributed by atoms with Gasteiger partial charge in [0.25, 0.3) is 0 Å². The van der Waals surface area contributed by atoms with E-state index in [0.29, 0.717) is 39.0 Å². The van der Waals surface area contributed by atoms with Gasteiger partial charge in [-0.3, -0.25) is 9.80 Å². The van der Waals surface area contributed by atoms with E-state index in [-0.39, 0.29) is 25.9 Å². The molecule has 0 saturated carbocycles. The molecule has 2 aliphatic heterocycles. The Hall–Kier alpha value is -1.28. The smallest absolute Gasteiger partial charge is 0.298 e. The van der Waals surface area contributed by atoms with Crippen LogP contribution in [-0.4, -0.2) is 48.3 Å². The Balaban J connectivity index is 1.58. The van der Waals surface area contributed by atoms with Crippen molar-refractivity contribution in [3.8, 4) is 0 Å². The Morgan fingerprint density at radius 2 is 1.18 bits per heavy atom. The lowest BCUT2D eigenvalue weighted by Gasteiger charge is -2.34. The largest absolute Gasteiger partial charge is 0.393 e. The van der Waals surface area contributed by atoms with Crippen molar-refractivity contribution in [2.45, 2.75) is 51.1 Å². The highest BCUT2D eigenvalue weighted by molar-refractivity contribution is 5.23. The monoisotopic (exact) mass is 408 g/mol. The van der Waals surface area contributed by atoms with Gasteiger partial charge in [0.05, 0.1) is 11.8 Å². The molecular weight excluding hydrogens is 382 g/mol. The standard InChI is InChI=1S/C20H26F6N2/c21-19(22,23)17-6-2-8-27(13-17)11-15-4-1-5-16(10-15)12-28-9-3-7-18(14-28)20(24,25)26/h1,4-5,10,17-18H,2-3,6-9,11-14H2/t17-,18+. The summed E-state index contributed by atoms with van der Waals surface area (Å²) in [6.45, 7) is 2.16.